The zero-order valence-corrected chi connectivity index (χ0v) is 11.2. The number of hydrogen-bond donors (Lipinski definition) is 1. The normalized spacial score (nSPS) is 16.5. The van der Waals surface area contributed by atoms with Crippen LogP contribution in [0.3, 0.4) is 0 Å². The number of rotatable bonds is 3. The van der Waals surface area contributed by atoms with Gasteiger partial charge in [-0.3, -0.25) is 4.79 Å². The number of likely N-dealkylation sites (tertiary alicyclic amines) is 1. The monoisotopic (exact) mass is 257 g/mol. The molecule has 1 aliphatic rings. The zero-order valence-electron chi connectivity index (χ0n) is 11.2. The summed E-state index contributed by atoms with van der Waals surface area (Å²) in [6.45, 7) is 3.60. The van der Waals surface area contributed by atoms with Gasteiger partial charge in [-0.1, -0.05) is 6.07 Å². The van der Waals surface area contributed by atoms with E-state index in [4.69, 9.17) is 5.26 Å². The molecule has 100 valence electrons. The number of hydrogen-bond acceptors (Lipinski definition) is 3. The second kappa shape index (κ2) is 6.24. The Kier molecular flexibility index (Phi) is 4.40. The number of nitrogens with zero attached hydrogens (tertiary/aromatic N) is 2. The summed E-state index contributed by atoms with van der Waals surface area (Å²) in [5.74, 6) is 0.141. The maximum absolute atomic E-state index is 12.3. The van der Waals surface area contributed by atoms with E-state index in [-0.39, 0.29) is 11.9 Å². The summed E-state index contributed by atoms with van der Waals surface area (Å²) >= 11 is 0. The van der Waals surface area contributed by atoms with Crippen molar-refractivity contribution in [3.05, 3.63) is 29.8 Å². The van der Waals surface area contributed by atoms with Gasteiger partial charge < -0.3 is 10.2 Å². The smallest absolute Gasteiger partial charge is 0.244 e. The van der Waals surface area contributed by atoms with E-state index in [9.17, 15) is 4.79 Å². The summed E-state index contributed by atoms with van der Waals surface area (Å²) in [6, 6.07) is 9.05. The van der Waals surface area contributed by atoms with Crippen LogP contribution in [-0.2, 0) is 4.79 Å². The minimum atomic E-state index is -0.257. The molecule has 1 heterocycles. The molecule has 1 aliphatic heterocycles. The number of carbonyl (C=O) groups is 1. The lowest BCUT2D eigenvalue weighted by Crippen LogP contribution is -2.43. The molecule has 0 aromatic heterocycles. The quantitative estimate of drug-likeness (QED) is 0.904. The fourth-order valence-electron chi connectivity index (χ4n) is 2.38. The molecule has 0 spiro atoms. The maximum Gasteiger partial charge on any atom is 0.244 e. The van der Waals surface area contributed by atoms with E-state index >= 15 is 0 Å². The molecule has 19 heavy (non-hydrogen) atoms. The van der Waals surface area contributed by atoms with Gasteiger partial charge in [0, 0.05) is 18.8 Å². The Morgan fingerprint density at radius 2 is 2.11 bits per heavy atom. The summed E-state index contributed by atoms with van der Waals surface area (Å²) in [5.41, 5.74) is 1.42. The van der Waals surface area contributed by atoms with Crippen LogP contribution in [0.25, 0.3) is 0 Å². The fraction of sp³-hybridized carbons (Fsp3) is 0.467. The predicted octanol–water partition coefficient (Wildman–Crippen LogP) is 2.37. The summed E-state index contributed by atoms with van der Waals surface area (Å²) in [7, 11) is 0. The van der Waals surface area contributed by atoms with E-state index in [1.54, 1.807) is 12.1 Å². The van der Waals surface area contributed by atoms with Gasteiger partial charge in [-0.05, 0) is 44.4 Å². The molecule has 1 aromatic rings. The van der Waals surface area contributed by atoms with Crippen molar-refractivity contribution >= 4 is 11.6 Å². The van der Waals surface area contributed by atoms with Crippen molar-refractivity contribution in [3.8, 4) is 6.07 Å². The third kappa shape index (κ3) is 3.47. The first-order chi connectivity index (χ1) is 9.20. The average molecular weight is 257 g/mol. The second-order valence-corrected chi connectivity index (χ2v) is 4.94. The number of carbonyl (C=O) groups excluding carboxylic acids is 1. The third-order valence-electron chi connectivity index (χ3n) is 3.41. The molecular weight excluding hydrogens is 238 g/mol. The van der Waals surface area contributed by atoms with Gasteiger partial charge in [0.05, 0.1) is 11.6 Å². The summed E-state index contributed by atoms with van der Waals surface area (Å²) < 4.78 is 0. The zero-order chi connectivity index (χ0) is 13.7. The van der Waals surface area contributed by atoms with E-state index in [2.05, 4.69) is 11.4 Å². The van der Waals surface area contributed by atoms with Gasteiger partial charge >= 0.3 is 0 Å². The Morgan fingerprint density at radius 3 is 2.79 bits per heavy atom. The molecule has 0 radical (unpaired) electrons. The largest absolute Gasteiger partial charge is 0.374 e. The molecule has 1 aromatic carbocycles. The minimum Gasteiger partial charge on any atom is -0.374 e. The highest BCUT2D eigenvalue weighted by Gasteiger charge is 2.21. The summed E-state index contributed by atoms with van der Waals surface area (Å²) in [5, 5.41) is 12.0. The Bertz CT molecular complexity index is 486. The highest BCUT2D eigenvalue weighted by molar-refractivity contribution is 5.84. The first-order valence-electron chi connectivity index (χ1n) is 6.76. The number of nitriles is 1. The number of amides is 1. The molecule has 0 bridgehead atoms. The van der Waals surface area contributed by atoms with Crippen LogP contribution in [0.15, 0.2) is 24.3 Å². The highest BCUT2D eigenvalue weighted by atomic mass is 16.2. The van der Waals surface area contributed by atoms with Crippen LogP contribution >= 0.6 is 0 Å². The standard InChI is InChI=1S/C15H19N3O/c1-12(15(19)18-8-3-2-4-9-18)17-14-7-5-6-13(10-14)11-16/h5-7,10,12,17H,2-4,8-9H2,1H3. The summed E-state index contributed by atoms with van der Waals surface area (Å²) in [6.07, 6.45) is 3.42. The van der Waals surface area contributed by atoms with Crippen LogP contribution in [-0.4, -0.2) is 29.9 Å². The van der Waals surface area contributed by atoms with Crippen molar-refractivity contribution in [2.24, 2.45) is 0 Å². The van der Waals surface area contributed by atoms with Gasteiger partial charge in [0.25, 0.3) is 0 Å². The Hall–Kier alpha value is -2.02. The van der Waals surface area contributed by atoms with Gasteiger partial charge in [-0.25, -0.2) is 0 Å². The van der Waals surface area contributed by atoms with Crippen molar-refractivity contribution in [2.75, 3.05) is 18.4 Å². The first-order valence-corrected chi connectivity index (χ1v) is 6.76. The summed E-state index contributed by atoms with van der Waals surface area (Å²) in [4.78, 5) is 14.2. The van der Waals surface area contributed by atoms with Crippen LogP contribution in [0, 0.1) is 11.3 Å². The minimum absolute atomic E-state index is 0.141. The lowest BCUT2D eigenvalue weighted by Gasteiger charge is -2.29. The first kappa shape index (κ1) is 13.4. The van der Waals surface area contributed by atoms with Gasteiger partial charge in [0.2, 0.25) is 5.91 Å². The molecule has 1 fully saturated rings. The topological polar surface area (TPSA) is 56.1 Å². The molecule has 1 unspecified atom stereocenters. The lowest BCUT2D eigenvalue weighted by molar-refractivity contribution is -0.132. The molecular formula is C15H19N3O. The Labute approximate surface area is 114 Å². The number of benzene rings is 1. The van der Waals surface area contributed by atoms with Crippen molar-refractivity contribution < 1.29 is 4.79 Å². The Morgan fingerprint density at radius 1 is 1.37 bits per heavy atom. The van der Waals surface area contributed by atoms with Crippen LogP contribution in [0.1, 0.15) is 31.7 Å². The Balaban J connectivity index is 1.97. The third-order valence-corrected chi connectivity index (χ3v) is 3.41. The van der Waals surface area contributed by atoms with E-state index in [1.165, 1.54) is 6.42 Å². The molecule has 0 aliphatic carbocycles. The van der Waals surface area contributed by atoms with Crippen LogP contribution < -0.4 is 5.32 Å². The van der Waals surface area contributed by atoms with Crippen molar-refractivity contribution in [3.63, 3.8) is 0 Å². The molecule has 2 rings (SSSR count). The number of anilines is 1. The average Bonchev–Trinajstić information content (AvgIpc) is 2.47. The van der Waals surface area contributed by atoms with Gasteiger partial charge in [-0.15, -0.1) is 0 Å². The molecule has 1 N–H and O–H groups in total. The van der Waals surface area contributed by atoms with Crippen LogP contribution in [0.4, 0.5) is 5.69 Å². The SMILES string of the molecule is CC(Nc1cccc(C#N)c1)C(=O)N1CCCCC1. The molecule has 4 nitrogen and oxygen atoms in total. The molecule has 1 amide bonds. The van der Waals surface area contributed by atoms with Crippen molar-refractivity contribution in [2.45, 2.75) is 32.2 Å². The molecule has 4 heteroatoms. The van der Waals surface area contributed by atoms with E-state index < -0.39 is 0 Å². The fourth-order valence-corrected chi connectivity index (χ4v) is 2.38. The van der Waals surface area contributed by atoms with Gasteiger partial charge in [0.1, 0.15) is 6.04 Å². The van der Waals surface area contributed by atoms with Crippen molar-refractivity contribution in [1.82, 2.24) is 4.90 Å². The maximum atomic E-state index is 12.3. The molecule has 1 atom stereocenters. The van der Waals surface area contributed by atoms with E-state index in [0.717, 1.165) is 31.6 Å². The van der Waals surface area contributed by atoms with Crippen molar-refractivity contribution in [1.29, 1.82) is 5.26 Å². The van der Waals surface area contributed by atoms with Crippen LogP contribution in [0.5, 0.6) is 0 Å². The van der Waals surface area contributed by atoms with E-state index in [0.29, 0.717) is 5.56 Å². The highest BCUT2D eigenvalue weighted by Crippen LogP contribution is 2.14. The lowest BCUT2D eigenvalue weighted by atomic mass is 10.1. The van der Waals surface area contributed by atoms with Crippen LogP contribution in [0.2, 0.25) is 0 Å². The molecule has 0 saturated carbocycles. The van der Waals surface area contributed by atoms with E-state index in [1.807, 2.05) is 24.0 Å². The number of piperidine rings is 1. The molecule has 1 saturated heterocycles. The second-order valence-electron chi connectivity index (χ2n) is 4.94. The predicted molar refractivity (Wildman–Crippen MR) is 74.7 cm³/mol. The number of nitrogens with one attached hydrogen (secondary N) is 1. The van der Waals surface area contributed by atoms with Gasteiger partial charge in [0.15, 0.2) is 0 Å². The van der Waals surface area contributed by atoms with Gasteiger partial charge in [-0.2, -0.15) is 5.26 Å².